The maximum Gasteiger partial charge on any atom is 2.00 e. The molecule has 0 radical (unpaired) electrons. The molecule has 0 fully saturated rings. The largest absolute Gasteiger partial charge is 2.00 e. The Morgan fingerprint density at radius 2 is 0.351 bits per heavy atom. The molecule has 0 bridgehead atoms. The summed E-state index contributed by atoms with van der Waals surface area (Å²) in [6, 6.07) is 0. The van der Waals surface area contributed by atoms with Gasteiger partial charge < -0.3 is 27.9 Å². The van der Waals surface area contributed by atoms with Crippen molar-refractivity contribution < 1.29 is 47.4 Å². The summed E-state index contributed by atoms with van der Waals surface area (Å²) in [6.07, 6.45) is 52.1. The first-order valence-corrected chi connectivity index (χ1v) is 27.3. The minimum atomic E-state index is -1.90. The summed E-state index contributed by atoms with van der Waals surface area (Å²) in [4.78, 5) is 23.3. The molecule has 0 spiro atoms. The molecule has 9 heteroatoms. The van der Waals surface area contributed by atoms with E-state index in [1.54, 1.807) is 0 Å². The van der Waals surface area contributed by atoms with Crippen LogP contribution in [0.5, 0.6) is 0 Å². The summed E-state index contributed by atoms with van der Waals surface area (Å²) in [6.45, 7) is 11.3. The Morgan fingerprint density at radius 1 is 0.228 bits per heavy atom. The van der Waals surface area contributed by atoms with E-state index >= 15 is 0 Å². The van der Waals surface area contributed by atoms with Crippen LogP contribution >= 0.6 is 17.2 Å². The fourth-order valence-electron chi connectivity index (χ4n) is 6.99. The Labute approximate surface area is 373 Å². The standard InChI is InChI=1S/2C24H50O3P.Zn/c2*1-3-5-7-9-11-13-15-17-19-21-23-26-28(25)27-24-22-20-18-16-14-12-10-8-6-4-2;/h2*3-24H2,1-2H3;/q2*-1;+2. The second-order valence-corrected chi connectivity index (χ2v) is 18.4. The van der Waals surface area contributed by atoms with E-state index in [1.807, 2.05) is 0 Å². The third kappa shape index (κ3) is 61.6. The molecule has 0 aliphatic rings. The summed E-state index contributed by atoms with van der Waals surface area (Å²) in [5.74, 6) is 0. The van der Waals surface area contributed by atoms with Crippen molar-refractivity contribution in [2.24, 2.45) is 0 Å². The van der Waals surface area contributed by atoms with Crippen LogP contribution in [-0.4, -0.2) is 26.4 Å². The van der Waals surface area contributed by atoms with Gasteiger partial charge in [-0.25, -0.2) is 0 Å². The maximum atomic E-state index is 11.7. The molecule has 0 unspecified atom stereocenters. The van der Waals surface area contributed by atoms with Gasteiger partial charge in [0.2, 0.25) is 0 Å². The molecule has 0 N–H and O–H groups in total. The van der Waals surface area contributed by atoms with Gasteiger partial charge in [0.15, 0.2) is 0 Å². The molecule has 0 aromatic carbocycles. The molecule has 0 rings (SSSR count). The number of hydrogen-bond acceptors (Lipinski definition) is 6. The van der Waals surface area contributed by atoms with E-state index in [0.717, 1.165) is 25.7 Å². The minimum Gasteiger partial charge on any atom is -0.786 e. The van der Waals surface area contributed by atoms with Gasteiger partial charge in [0.25, 0.3) is 0 Å². The van der Waals surface area contributed by atoms with Gasteiger partial charge in [-0.1, -0.05) is 259 Å². The monoisotopic (exact) mass is 899 g/mol. The Hall–Kier alpha value is 1.24. The molecule has 340 valence electrons. The topological polar surface area (TPSA) is 83.0 Å². The number of rotatable bonds is 48. The predicted octanol–water partition coefficient (Wildman–Crippen LogP) is 16.9. The molecule has 0 saturated carbocycles. The van der Waals surface area contributed by atoms with Crippen molar-refractivity contribution in [3.63, 3.8) is 0 Å². The van der Waals surface area contributed by atoms with Gasteiger partial charge in [-0.05, 0) is 25.7 Å². The van der Waals surface area contributed by atoms with Crippen molar-refractivity contribution >= 4 is 17.2 Å². The summed E-state index contributed by atoms with van der Waals surface area (Å²) in [5.41, 5.74) is 0. The normalized spacial score (nSPS) is 11.4. The summed E-state index contributed by atoms with van der Waals surface area (Å²) < 4.78 is 21.2. The second kappa shape index (κ2) is 59.3. The Kier molecular flexibility index (Phi) is 65.1. The molecular weight excluding hydrogens is 800 g/mol. The maximum absolute atomic E-state index is 11.7. The predicted molar refractivity (Wildman–Crippen MR) is 245 cm³/mol. The molecule has 0 saturated heterocycles. The molecule has 0 aliphatic carbocycles. The molecule has 57 heavy (non-hydrogen) atoms. The molecule has 0 heterocycles. The Bertz CT molecular complexity index is 562. The van der Waals surface area contributed by atoms with Crippen LogP contribution in [-0.2, 0) is 37.6 Å². The van der Waals surface area contributed by atoms with Gasteiger partial charge in [0.05, 0.1) is 43.6 Å². The van der Waals surface area contributed by atoms with Gasteiger partial charge in [0, 0.05) is 0 Å². The van der Waals surface area contributed by atoms with Gasteiger partial charge in [-0.2, -0.15) is 0 Å². The summed E-state index contributed by atoms with van der Waals surface area (Å²) >= 11 is 0. The van der Waals surface area contributed by atoms with Crippen LogP contribution in [0, 0.1) is 0 Å². The van der Waals surface area contributed by atoms with Crippen LogP contribution in [0.4, 0.5) is 0 Å². The van der Waals surface area contributed by atoms with Crippen LogP contribution in [0.25, 0.3) is 0 Å². The average Bonchev–Trinajstić information content (AvgIpc) is 3.20. The number of hydrogen-bond donors (Lipinski definition) is 0. The van der Waals surface area contributed by atoms with Crippen molar-refractivity contribution in [1.82, 2.24) is 0 Å². The van der Waals surface area contributed by atoms with Crippen molar-refractivity contribution in [1.29, 1.82) is 0 Å². The average molecular weight is 901 g/mol. The van der Waals surface area contributed by atoms with Crippen molar-refractivity contribution in [3.05, 3.63) is 0 Å². The van der Waals surface area contributed by atoms with Gasteiger partial charge >= 0.3 is 19.5 Å². The zero-order valence-electron chi connectivity index (χ0n) is 39.2. The Morgan fingerprint density at radius 3 is 0.491 bits per heavy atom. The van der Waals surface area contributed by atoms with Crippen molar-refractivity contribution in [2.75, 3.05) is 26.4 Å². The minimum absolute atomic E-state index is 0. The smallest absolute Gasteiger partial charge is 0.786 e. The summed E-state index contributed by atoms with van der Waals surface area (Å²) in [7, 11) is -3.81. The third-order valence-corrected chi connectivity index (χ3v) is 12.4. The van der Waals surface area contributed by atoms with Crippen LogP contribution in [0.3, 0.4) is 0 Å². The van der Waals surface area contributed by atoms with E-state index in [4.69, 9.17) is 18.1 Å². The molecule has 6 nitrogen and oxygen atoms in total. The van der Waals surface area contributed by atoms with Crippen molar-refractivity contribution in [2.45, 2.75) is 285 Å². The summed E-state index contributed by atoms with van der Waals surface area (Å²) in [5, 5.41) is 0. The van der Waals surface area contributed by atoms with Crippen LogP contribution in [0.15, 0.2) is 0 Å². The number of unbranched alkanes of at least 4 members (excludes halogenated alkanes) is 36. The third-order valence-electron chi connectivity index (χ3n) is 10.8. The fraction of sp³-hybridized carbons (Fsp3) is 1.00. The molecule has 0 aromatic heterocycles. The molecule has 0 amide bonds. The van der Waals surface area contributed by atoms with E-state index in [1.165, 1.54) is 231 Å². The second-order valence-electron chi connectivity index (χ2n) is 16.5. The molecule has 0 aliphatic heterocycles. The SMILES string of the molecule is CCCCCCCCCCCCOP([O-])OCCCCCCCCCCCC.CCCCCCCCCCCCOP([O-])OCCCCCCCCCCCC.[Zn+2]. The van der Waals surface area contributed by atoms with Gasteiger partial charge in [-0.3, -0.25) is 0 Å². The molecular formula is C48H100O6P2Zn. The first kappa shape index (κ1) is 62.5. The zero-order valence-corrected chi connectivity index (χ0v) is 43.9. The Balaban J connectivity index is -0.00000101. The van der Waals surface area contributed by atoms with E-state index in [2.05, 4.69) is 27.7 Å². The van der Waals surface area contributed by atoms with Gasteiger partial charge in [0.1, 0.15) is 0 Å². The zero-order chi connectivity index (χ0) is 41.1. The van der Waals surface area contributed by atoms with Crippen LogP contribution < -0.4 is 9.79 Å². The van der Waals surface area contributed by atoms with E-state index in [0.29, 0.717) is 26.4 Å². The molecule has 0 atom stereocenters. The van der Waals surface area contributed by atoms with E-state index in [-0.39, 0.29) is 19.5 Å². The first-order valence-electron chi connectivity index (χ1n) is 25.1. The van der Waals surface area contributed by atoms with Crippen LogP contribution in [0.1, 0.15) is 285 Å². The van der Waals surface area contributed by atoms with Gasteiger partial charge in [-0.15, -0.1) is 0 Å². The molecule has 0 aromatic rings. The van der Waals surface area contributed by atoms with E-state index < -0.39 is 17.2 Å². The quantitative estimate of drug-likeness (QED) is 0.0344. The van der Waals surface area contributed by atoms with Crippen molar-refractivity contribution in [3.8, 4) is 0 Å². The first-order chi connectivity index (χ1) is 27.6. The van der Waals surface area contributed by atoms with Crippen LogP contribution in [0.2, 0.25) is 0 Å². The fourth-order valence-corrected chi connectivity index (χ4v) is 8.25. The van der Waals surface area contributed by atoms with E-state index in [9.17, 15) is 9.79 Å².